The van der Waals surface area contributed by atoms with E-state index in [-0.39, 0.29) is 19.4 Å². The zero-order chi connectivity index (χ0) is 20.4. The van der Waals surface area contributed by atoms with E-state index in [1.807, 2.05) is 19.1 Å². The maximum atomic E-state index is 12.4. The smallest absolute Gasteiger partial charge is 0.419 e. The van der Waals surface area contributed by atoms with Crippen molar-refractivity contribution in [2.45, 2.75) is 78.6 Å². The first-order chi connectivity index (χ1) is 11.9. The van der Waals surface area contributed by atoms with Crippen LogP contribution in [0.2, 0.25) is 0 Å². The summed E-state index contributed by atoms with van der Waals surface area (Å²) in [7, 11) is 1.56. The summed E-state index contributed by atoms with van der Waals surface area (Å²) in [6.45, 7) is 12.7. The van der Waals surface area contributed by atoms with Crippen LogP contribution in [0.25, 0.3) is 0 Å². The van der Waals surface area contributed by atoms with Gasteiger partial charge in [-0.2, -0.15) is 0 Å². The number of amides is 2. The van der Waals surface area contributed by atoms with Gasteiger partial charge in [-0.1, -0.05) is 12.2 Å². The lowest BCUT2D eigenvalue weighted by atomic mass is 10.1. The van der Waals surface area contributed by atoms with E-state index in [2.05, 4.69) is 0 Å². The van der Waals surface area contributed by atoms with Gasteiger partial charge >= 0.3 is 12.2 Å². The number of hydrogen-bond acceptors (Lipinski definition) is 6. The molecule has 0 fully saturated rings. The summed E-state index contributed by atoms with van der Waals surface area (Å²) < 4.78 is 21.1. The van der Waals surface area contributed by atoms with Gasteiger partial charge in [-0.3, -0.25) is 0 Å². The van der Waals surface area contributed by atoms with E-state index in [1.54, 1.807) is 48.7 Å². The van der Waals surface area contributed by atoms with Gasteiger partial charge in [0.2, 0.25) is 0 Å². The lowest BCUT2D eigenvalue weighted by molar-refractivity contribution is -0.0586. The van der Waals surface area contributed by atoms with Crippen LogP contribution in [0.1, 0.15) is 61.3 Å². The van der Waals surface area contributed by atoms with Crippen LogP contribution >= 0.6 is 0 Å². The Morgan fingerprint density at radius 1 is 1.00 bits per heavy atom. The fourth-order valence-corrected chi connectivity index (χ4v) is 1.95. The Morgan fingerprint density at radius 3 is 1.88 bits per heavy atom. The molecule has 7 nitrogen and oxygen atoms in total. The summed E-state index contributed by atoms with van der Waals surface area (Å²) in [5.74, 6) is 0. The molecule has 0 aliphatic carbocycles. The zero-order valence-corrected chi connectivity index (χ0v) is 17.5. The first kappa shape index (κ1) is 24.4. The van der Waals surface area contributed by atoms with Gasteiger partial charge in [0.15, 0.2) is 0 Å². The first-order valence-electron chi connectivity index (χ1n) is 8.86. The number of rotatable bonds is 8. The number of hydrogen-bond donors (Lipinski definition) is 0. The molecule has 26 heavy (non-hydrogen) atoms. The second kappa shape index (κ2) is 11.2. The molecule has 0 saturated carbocycles. The van der Waals surface area contributed by atoms with Crippen molar-refractivity contribution in [3.05, 3.63) is 12.2 Å². The van der Waals surface area contributed by atoms with Crippen LogP contribution in [0.5, 0.6) is 0 Å². The Bertz CT molecular complexity index is 434. The molecule has 0 aliphatic heterocycles. The summed E-state index contributed by atoms with van der Waals surface area (Å²) in [6.07, 6.45) is 3.37. The van der Waals surface area contributed by atoms with Gasteiger partial charge in [0.1, 0.15) is 18.0 Å². The minimum Gasteiger partial charge on any atom is -0.443 e. The summed E-state index contributed by atoms with van der Waals surface area (Å²) in [4.78, 5) is 25.8. The van der Waals surface area contributed by atoms with Gasteiger partial charge in [0, 0.05) is 13.7 Å². The quantitative estimate of drug-likeness (QED) is 0.460. The highest BCUT2D eigenvalue weighted by atomic mass is 16.7. The number of carbonyl (C=O) groups is 2. The van der Waals surface area contributed by atoms with Crippen molar-refractivity contribution in [3.63, 3.8) is 0 Å². The van der Waals surface area contributed by atoms with Crippen LogP contribution in [0.15, 0.2) is 12.2 Å². The molecule has 0 N–H and O–H groups in total. The van der Waals surface area contributed by atoms with Gasteiger partial charge in [0.05, 0.1) is 6.10 Å². The molecule has 0 rings (SSSR count). The Hall–Kier alpha value is -1.60. The van der Waals surface area contributed by atoms with Crippen molar-refractivity contribution in [3.8, 4) is 0 Å². The molecule has 0 heterocycles. The van der Waals surface area contributed by atoms with Crippen LogP contribution in [0, 0.1) is 0 Å². The number of methoxy groups -OCH3 is 1. The molecule has 152 valence electrons. The molecule has 0 aromatic rings. The van der Waals surface area contributed by atoms with Gasteiger partial charge in [-0.25, -0.2) is 14.5 Å². The number of carbonyl (C=O) groups excluding carboxylic acids is 2. The average Bonchev–Trinajstić information content (AvgIpc) is 2.44. The van der Waals surface area contributed by atoms with Crippen LogP contribution < -0.4 is 0 Å². The summed E-state index contributed by atoms with van der Waals surface area (Å²) in [5.41, 5.74) is -1.40. The Morgan fingerprint density at radius 2 is 1.50 bits per heavy atom. The summed E-state index contributed by atoms with van der Waals surface area (Å²) in [5, 5.41) is 0. The third-order valence-electron chi connectivity index (χ3n) is 2.91. The second-order valence-electron chi connectivity index (χ2n) is 7.89. The Labute approximate surface area is 157 Å². The molecule has 0 unspecified atom stereocenters. The first-order valence-corrected chi connectivity index (χ1v) is 8.86. The fourth-order valence-electron chi connectivity index (χ4n) is 1.95. The molecule has 0 saturated heterocycles. The molecule has 0 spiro atoms. The van der Waals surface area contributed by atoms with Crippen LogP contribution in [-0.4, -0.2) is 54.8 Å². The standard InChI is InChI=1S/C19H35NO6/c1-9-11-15(24-14-23-8)12-10-13-20(16(21)25-18(2,3)4)17(22)26-19(5,6)7/h9,11,15H,10,12-14H2,1-8H3/b11-9+/t15-/m1/s1. The predicted molar refractivity (Wildman–Crippen MR) is 100.0 cm³/mol. The third-order valence-corrected chi connectivity index (χ3v) is 2.91. The minimum absolute atomic E-state index is 0.154. The molecule has 0 radical (unpaired) electrons. The van der Waals surface area contributed by atoms with Crippen molar-refractivity contribution >= 4 is 12.2 Å². The maximum Gasteiger partial charge on any atom is 0.419 e. The van der Waals surface area contributed by atoms with Crippen molar-refractivity contribution < 1.29 is 28.5 Å². The van der Waals surface area contributed by atoms with Crippen LogP contribution in [0.4, 0.5) is 9.59 Å². The molecule has 7 heteroatoms. The van der Waals surface area contributed by atoms with Crippen LogP contribution in [-0.2, 0) is 18.9 Å². The fraction of sp³-hybridized carbons (Fsp3) is 0.789. The van der Waals surface area contributed by atoms with Gasteiger partial charge in [0.25, 0.3) is 0 Å². The van der Waals surface area contributed by atoms with Crippen molar-refractivity contribution in [1.82, 2.24) is 4.90 Å². The minimum atomic E-state index is -0.716. The van der Waals surface area contributed by atoms with E-state index < -0.39 is 23.4 Å². The molecule has 0 aromatic heterocycles. The summed E-state index contributed by atoms with van der Waals surface area (Å²) in [6, 6.07) is 0. The van der Waals surface area contributed by atoms with Gasteiger partial charge in [-0.05, 0) is 61.3 Å². The average molecular weight is 373 g/mol. The van der Waals surface area contributed by atoms with Crippen molar-refractivity contribution in [2.24, 2.45) is 0 Å². The lowest BCUT2D eigenvalue weighted by Gasteiger charge is -2.28. The third kappa shape index (κ3) is 11.9. The number of allylic oxidation sites excluding steroid dienone is 1. The SMILES string of the molecule is C/C=C/[C@H](CCCN(C(=O)OC(C)(C)C)C(=O)OC(C)(C)C)OCOC. The van der Waals surface area contributed by atoms with Gasteiger partial charge < -0.3 is 18.9 Å². The number of ether oxygens (including phenoxy) is 4. The second-order valence-corrected chi connectivity index (χ2v) is 7.89. The Balaban J connectivity index is 4.94. The topological polar surface area (TPSA) is 74.3 Å². The van der Waals surface area contributed by atoms with E-state index in [1.165, 1.54) is 0 Å². The van der Waals surface area contributed by atoms with E-state index in [9.17, 15) is 9.59 Å². The van der Waals surface area contributed by atoms with Gasteiger partial charge in [-0.15, -0.1) is 0 Å². The molecule has 0 bridgehead atoms. The molecule has 0 aromatic carbocycles. The highest BCUT2D eigenvalue weighted by Gasteiger charge is 2.30. The highest BCUT2D eigenvalue weighted by Crippen LogP contribution is 2.16. The maximum absolute atomic E-state index is 12.4. The molecular formula is C19H35NO6. The molecular weight excluding hydrogens is 338 g/mol. The summed E-state index contributed by atoms with van der Waals surface area (Å²) >= 11 is 0. The number of imide groups is 1. The largest absolute Gasteiger partial charge is 0.443 e. The van der Waals surface area contributed by atoms with Crippen molar-refractivity contribution in [1.29, 1.82) is 0 Å². The zero-order valence-electron chi connectivity index (χ0n) is 17.5. The molecule has 0 aliphatic rings. The van der Waals surface area contributed by atoms with E-state index in [0.717, 1.165) is 4.90 Å². The lowest BCUT2D eigenvalue weighted by Crippen LogP contribution is -2.44. The highest BCUT2D eigenvalue weighted by molar-refractivity contribution is 5.88. The Kier molecular flexibility index (Phi) is 10.5. The predicted octanol–water partition coefficient (Wildman–Crippen LogP) is 4.50. The molecule has 2 amide bonds. The van der Waals surface area contributed by atoms with E-state index >= 15 is 0 Å². The van der Waals surface area contributed by atoms with E-state index in [0.29, 0.717) is 12.8 Å². The molecule has 1 atom stereocenters. The van der Waals surface area contributed by atoms with Crippen LogP contribution in [0.3, 0.4) is 0 Å². The normalized spacial score (nSPS) is 13.5. The number of nitrogens with zero attached hydrogens (tertiary/aromatic N) is 1. The van der Waals surface area contributed by atoms with Crippen molar-refractivity contribution in [2.75, 3.05) is 20.4 Å². The monoisotopic (exact) mass is 373 g/mol. The van der Waals surface area contributed by atoms with E-state index in [4.69, 9.17) is 18.9 Å².